The van der Waals surface area contributed by atoms with Crippen LogP contribution in [0.4, 0.5) is 0 Å². The van der Waals surface area contributed by atoms with Gasteiger partial charge in [0.15, 0.2) is 5.84 Å². The number of nitrogens with zero attached hydrogens (tertiary/aromatic N) is 4. The molecule has 33 heavy (non-hydrogen) atoms. The highest BCUT2D eigenvalue weighted by atomic mass is 32.2. The van der Waals surface area contributed by atoms with Gasteiger partial charge in [0.2, 0.25) is 5.91 Å². The Balaban J connectivity index is 1.49. The molecule has 1 aromatic rings. The summed E-state index contributed by atoms with van der Waals surface area (Å²) in [6, 6.07) is 6.56. The Hall–Kier alpha value is -1.97. The minimum atomic E-state index is -3.70. The molecule has 0 radical (unpaired) electrons. The van der Waals surface area contributed by atoms with Crippen molar-refractivity contribution in [3.63, 3.8) is 0 Å². The number of fused-ring (bicyclic) bond motifs is 1. The molecule has 2 saturated heterocycles. The number of carbonyl (C=O) groups excluding carboxylic acids is 1. The molecule has 0 aliphatic carbocycles. The van der Waals surface area contributed by atoms with E-state index in [1.165, 1.54) is 6.42 Å². The van der Waals surface area contributed by atoms with Crippen molar-refractivity contribution in [2.45, 2.75) is 56.4 Å². The Morgan fingerprint density at radius 2 is 1.91 bits per heavy atom. The van der Waals surface area contributed by atoms with E-state index in [1.54, 1.807) is 18.2 Å². The lowest BCUT2D eigenvalue weighted by Crippen LogP contribution is -2.50. The zero-order valence-electron chi connectivity index (χ0n) is 19.6. The van der Waals surface area contributed by atoms with E-state index in [4.69, 9.17) is 4.74 Å². The van der Waals surface area contributed by atoms with Gasteiger partial charge in [0.25, 0.3) is 10.0 Å². The molecule has 182 valence electrons. The number of benzene rings is 1. The Morgan fingerprint density at radius 3 is 2.70 bits per heavy atom. The second kappa shape index (κ2) is 11.0. The van der Waals surface area contributed by atoms with Crippen LogP contribution >= 0.6 is 0 Å². The Kier molecular flexibility index (Phi) is 8.03. The normalized spacial score (nSPS) is 22.3. The van der Waals surface area contributed by atoms with Crippen molar-refractivity contribution in [2.75, 3.05) is 52.5 Å². The maximum atomic E-state index is 13.8. The van der Waals surface area contributed by atoms with E-state index in [0.29, 0.717) is 24.5 Å². The van der Waals surface area contributed by atoms with Crippen molar-refractivity contribution in [1.82, 2.24) is 14.7 Å². The summed E-state index contributed by atoms with van der Waals surface area (Å²) < 4.78 is 34.7. The van der Waals surface area contributed by atoms with Gasteiger partial charge in [-0.1, -0.05) is 38.3 Å². The van der Waals surface area contributed by atoms with Crippen LogP contribution in [0.5, 0.6) is 0 Å². The summed E-state index contributed by atoms with van der Waals surface area (Å²) in [5.74, 6) is 0.530. The van der Waals surface area contributed by atoms with Crippen LogP contribution in [0.2, 0.25) is 0 Å². The third-order valence-electron chi connectivity index (χ3n) is 6.81. The third kappa shape index (κ3) is 5.58. The van der Waals surface area contributed by atoms with Crippen molar-refractivity contribution >= 4 is 21.8 Å². The number of likely N-dealkylation sites (tertiary alicyclic amines) is 1. The van der Waals surface area contributed by atoms with Crippen molar-refractivity contribution in [3.05, 3.63) is 29.8 Å². The predicted molar refractivity (Wildman–Crippen MR) is 128 cm³/mol. The molecule has 4 rings (SSSR count). The maximum absolute atomic E-state index is 13.8. The fraction of sp³-hybridized carbons (Fsp3) is 0.667. The average Bonchev–Trinajstić information content (AvgIpc) is 3.41. The molecule has 0 saturated carbocycles. The van der Waals surface area contributed by atoms with Crippen LogP contribution in [0.15, 0.2) is 33.6 Å². The highest BCUT2D eigenvalue weighted by Crippen LogP contribution is 2.31. The van der Waals surface area contributed by atoms with E-state index in [0.717, 1.165) is 71.5 Å². The van der Waals surface area contributed by atoms with Crippen molar-refractivity contribution in [2.24, 2.45) is 4.40 Å². The Bertz CT molecular complexity index is 959. The molecule has 0 aromatic heterocycles. The molecule has 3 heterocycles. The second-order valence-corrected chi connectivity index (χ2v) is 10.7. The third-order valence-corrected chi connectivity index (χ3v) is 8.13. The molecule has 2 fully saturated rings. The SMILES string of the molecule is CCCCCCN(CCN1CCOCC1)C(=O)[C@@H]1CCCN1C1=NS(=O)(=O)c2ccccc21. The van der Waals surface area contributed by atoms with Gasteiger partial charge in [-0.05, 0) is 31.4 Å². The minimum absolute atomic E-state index is 0.0988. The van der Waals surface area contributed by atoms with Gasteiger partial charge in [-0.15, -0.1) is 4.40 Å². The molecule has 1 atom stereocenters. The summed E-state index contributed by atoms with van der Waals surface area (Å²) in [6.45, 7) is 8.40. The predicted octanol–water partition coefficient (Wildman–Crippen LogP) is 2.34. The summed E-state index contributed by atoms with van der Waals surface area (Å²) in [5, 5.41) is 0. The topological polar surface area (TPSA) is 82.5 Å². The van der Waals surface area contributed by atoms with Gasteiger partial charge >= 0.3 is 0 Å². The number of sulfonamides is 1. The monoisotopic (exact) mass is 476 g/mol. The van der Waals surface area contributed by atoms with Gasteiger partial charge in [0.1, 0.15) is 10.9 Å². The highest BCUT2D eigenvalue weighted by molar-refractivity contribution is 7.90. The number of amides is 1. The number of amidine groups is 1. The molecule has 0 bridgehead atoms. The maximum Gasteiger partial charge on any atom is 0.285 e. The van der Waals surface area contributed by atoms with Gasteiger partial charge in [-0.2, -0.15) is 8.42 Å². The van der Waals surface area contributed by atoms with Gasteiger partial charge in [-0.3, -0.25) is 9.69 Å². The van der Waals surface area contributed by atoms with Crippen LogP contribution in [-0.4, -0.2) is 93.4 Å². The van der Waals surface area contributed by atoms with Crippen LogP contribution in [0, 0.1) is 0 Å². The minimum Gasteiger partial charge on any atom is -0.379 e. The highest BCUT2D eigenvalue weighted by Gasteiger charge is 2.40. The quantitative estimate of drug-likeness (QED) is 0.509. The molecule has 0 spiro atoms. The van der Waals surface area contributed by atoms with Gasteiger partial charge in [-0.25, -0.2) is 0 Å². The molecule has 3 aliphatic rings. The molecule has 1 amide bonds. The lowest BCUT2D eigenvalue weighted by Gasteiger charge is -2.34. The molecular weight excluding hydrogens is 440 g/mol. The van der Waals surface area contributed by atoms with Crippen LogP contribution in [0.1, 0.15) is 51.0 Å². The van der Waals surface area contributed by atoms with Crippen LogP contribution in [0.25, 0.3) is 0 Å². The number of hydrogen-bond donors (Lipinski definition) is 0. The van der Waals surface area contributed by atoms with E-state index in [1.807, 2.05) is 15.9 Å². The first-order chi connectivity index (χ1) is 16.0. The first-order valence-corrected chi connectivity index (χ1v) is 13.7. The zero-order chi connectivity index (χ0) is 23.3. The lowest BCUT2D eigenvalue weighted by atomic mass is 10.1. The zero-order valence-corrected chi connectivity index (χ0v) is 20.4. The van der Waals surface area contributed by atoms with E-state index in [-0.39, 0.29) is 16.8 Å². The number of morpholine rings is 1. The standard InChI is InChI=1S/C24H36N4O4S/c1-2-3-4-7-12-27(15-14-26-16-18-32-19-17-26)24(29)21-10-8-13-28(21)23-20-9-5-6-11-22(20)33(30,31)25-23/h5-6,9,11,21H,2-4,7-8,10,12-19H2,1H3/t21-/m0/s1. The van der Waals surface area contributed by atoms with E-state index in [2.05, 4.69) is 16.2 Å². The molecule has 0 unspecified atom stereocenters. The molecule has 8 nitrogen and oxygen atoms in total. The van der Waals surface area contributed by atoms with Crippen LogP contribution in [0.3, 0.4) is 0 Å². The number of ether oxygens (including phenoxy) is 1. The number of carbonyl (C=O) groups is 1. The fourth-order valence-electron chi connectivity index (χ4n) is 4.93. The number of rotatable bonds is 9. The molecule has 9 heteroatoms. The first kappa shape index (κ1) is 24.2. The van der Waals surface area contributed by atoms with E-state index in [9.17, 15) is 13.2 Å². The van der Waals surface area contributed by atoms with Gasteiger partial charge in [0.05, 0.1) is 13.2 Å². The van der Waals surface area contributed by atoms with Crippen LogP contribution < -0.4 is 0 Å². The second-order valence-electron chi connectivity index (χ2n) is 9.08. The molecule has 1 aromatic carbocycles. The van der Waals surface area contributed by atoms with Crippen LogP contribution in [-0.2, 0) is 19.6 Å². The van der Waals surface area contributed by atoms with Gasteiger partial charge < -0.3 is 14.5 Å². The van der Waals surface area contributed by atoms with E-state index < -0.39 is 10.0 Å². The van der Waals surface area contributed by atoms with Crippen molar-refractivity contribution in [1.29, 1.82) is 0 Å². The summed E-state index contributed by atoms with van der Waals surface area (Å²) in [4.78, 5) is 20.3. The lowest BCUT2D eigenvalue weighted by molar-refractivity contribution is -0.135. The summed E-state index contributed by atoms with van der Waals surface area (Å²) >= 11 is 0. The van der Waals surface area contributed by atoms with Gasteiger partial charge in [0, 0.05) is 44.8 Å². The fourth-order valence-corrected chi connectivity index (χ4v) is 6.15. The summed E-state index contributed by atoms with van der Waals surface area (Å²) in [7, 11) is -3.70. The van der Waals surface area contributed by atoms with E-state index >= 15 is 0 Å². The first-order valence-electron chi connectivity index (χ1n) is 12.3. The molecular formula is C24H36N4O4S. The van der Waals surface area contributed by atoms with Crippen molar-refractivity contribution < 1.29 is 17.9 Å². The molecule has 3 aliphatic heterocycles. The average molecular weight is 477 g/mol. The Morgan fingerprint density at radius 1 is 1.12 bits per heavy atom. The summed E-state index contributed by atoms with van der Waals surface area (Å²) in [5.41, 5.74) is 0.611. The number of hydrogen-bond acceptors (Lipinski definition) is 6. The number of unbranched alkanes of at least 4 members (excludes halogenated alkanes) is 3. The smallest absolute Gasteiger partial charge is 0.285 e. The molecule has 0 N–H and O–H groups in total. The van der Waals surface area contributed by atoms with Crippen molar-refractivity contribution in [3.8, 4) is 0 Å². The Labute approximate surface area is 197 Å². The summed E-state index contributed by atoms with van der Waals surface area (Å²) in [6.07, 6.45) is 6.02. The largest absolute Gasteiger partial charge is 0.379 e.